The van der Waals surface area contributed by atoms with Gasteiger partial charge in [0.15, 0.2) is 5.78 Å². The summed E-state index contributed by atoms with van der Waals surface area (Å²) in [4.78, 5) is 12.1. The van der Waals surface area contributed by atoms with Gasteiger partial charge in [-0.2, -0.15) is 5.10 Å². The maximum Gasteiger partial charge on any atom is 0.199 e. The number of rotatable bonds is 2. The average Bonchev–Trinajstić information content (AvgIpc) is 2.60. The predicted molar refractivity (Wildman–Crippen MR) is 62.5 cm³/mol. The number of nitrogen functional groups attached to an aromatic ring is 1. The highest BCUT2D eigenvalue weighted by atomic mass is 35.5. The molecule has 0 bridgehead atoms. The Kier molecular flexibility index (Phi) is 2.66. The van der Waals surface area contributed by atoms with E-state index < -0.39 is 0 Å². The van der Waals surface area contributed by atoms with E-state index in [1.807, 2.05) is 0 Å². The van der Waals surface area contributed by atoms with Crippen molar-refractivity contribution >= 4 is 23.2 Å². The Morgan fingerprint density at radius 2 is 2.06 bits per heavy atom. The van der Waals surface area contributed by atoms with Crippen molar-refractivity contribution in [1.82, 2.24) is 9.78 Å². The third-order valence-corrected chi connectivity index (χ3v) is 2.68. The highest BCUT2D eigenvalue weighted by Crippen LogP contribution is 2.21. The molecule has 2 rings (SSSR count). The van der Waals surface area contributed by atoms with Crippen molar-refractivity contribution in [3.63, 3.8) is 0 Å². The topological polar surface area (TPSA) is 60.9 Å². The fourth-order valence-corrected chi connectivity index (χ4v) is 1.63. The summed E-state index contributed by atoms with van der Waals surface area (Å²) in [7, 11) is 1.68. The molecule has 1 aromatic heterocycles. The number of benzene rings is 1. The standard InChI is InChI=1S/C11H10ClN3O/c1-15-11(13)8(6-14-15)10(16)7-4-2-3-5-9(7)12/h2-6H,13H2,1H3. The lowest BCUT2D eigenvalue weighted by atomic mass is 10.1. The van der Waals surface area contributed by atoms with Crippen LogP contribution in [0.4, 0.5) is 5.82 Å². The molecule has 0 spiro atoms. The summed E-state index contributed by atoms with van der Waals surface area (Å²) in [5.74, 6) is 0.126. The Hall–Kier alpha value is -1.81. The van der Waals surface area contributed by atoms with Crippen LogP contribution in [-0.2, 0) is 7.05 Å². The van der Waals surface area contributed by atoms with E-state index >= 15 is 0 Å². The van der Waals surface area contributed by atoms with Gasteiger partial charge in [0.05, 0.1) is 16.8 Å². The molecule has 0 aliphatic heterocycles. The van der Waals surface area contributed by atoms with Crippen LogP contribution in [0.5, 0.6) is 0 Å². The molecule has 0 fully saturated rings. The Balaban J connectivity index is 2.48. The van der Waals surface area contributed by atoms with Crippen LogP contribution in [0.1, 0.15) is 15.9 Å². The molecule has 82 valence electrons. The van der Waals surface area contributed by atoms with Crippen LogP contribution >= 0.6 is 11.6 Å². The van der Waals surface area contributed by atoms with E-state index in [4.69, 9.17) is 17.3 Å². The summed E-state index contributed by atoms with van der Waals surface area (Å²) in [6.45, 7) is 0. The molecule has 0 amide bonds. The lowest BCUT2D eigenvalue weighted by molar-refractivity contribution is 0.103. The first kappa shape index (κ1) is 10.7. The van der Waals surface area contributed by atoms with Crippen molar-refractivity contribution in [2.75, 3.05) is 5.73 Å². The Morgan fingerprint density at radius 1 is 1.38 bits per heavy atom. The molecular weight excluding hydrogens is 226 g/mol. The van der Waals surface area contributed by atoms with Gasteiger partial charge in [-0.15, -0.1) is 0 Å². The first-order valence-electron chi connectivity index (χ1n) is 4.68. The number of aryl methyl sites for hydroxylation is 1. The SMILES string of the molecule is Cn1ncc(C(=O)c2ccccc2Cl)c1N. The molecule has 2 aromatic rings. The number of hydrogen-bond donors (Lipinski definition) is 1. The van der Waals surface area contributed by atoms with E-state index in [1.165, 1.54) is 10.9 Å². The molecule has 0 unspecified atom stereocenters. The minimum Gasteiger partial charge on any atom is -0.383 e. The van der Waals surface area contributed by atoms with E-state index in [0.717, 1.165) is 0 Å². The van der Waals surface area contributed by atoms with Gasteiger partial charge in [-0.05, 0) is 12.1 Å². The largest absolute Gasteiger partial charge is 0.383 e. The molecule has 0 radical (unpaired) electrons. The Labute approximate surface area is 97.6 Å². The van der Waals surface area contributed by atoms with Crippen LogP contribution < -0.4 is 5.73 Å². The summed E-state index contributed by atoms with van der Waals surface area (Å²) >= 11 is 5.94. The maximum atomic E-state index is 12.1. The van der Waals surface area contributed by atoms with Gasteiger partial charge < -0.3 is 5.73 Å². The van der Waals surface area contributed by atoms with Crippen LogP contribution in [0.2, 0.25) is 5.02 Å². The lowest BCUT2D eigenvalue weighted by Gasteiger charge is -2.02. The number of carbonyl (C=O) groups excluding carboxylic acids is 1. The second kappa shape index (κ2) is 3.98. The third kappa shape index (κ3) is 1.67. The maximum absolute atomic E-state index is 12.1. The average molecular weight is 236 g/mol. The smallest absolute Gasteiger partial charge is 0.199 e. The van der Waals surface area contributed by atoms with E-state index in [9.17, 15) is 4.79 Å². The molecule has 0 aliphatic rings. The number of aromatic nitrogens is 2. The van der Waals surface area contributed by atoms with Crippen molar-refractivity contribution in [3.05, 3.63) is 46.6 Å². The Bertz CT molecular complexity index is 548. The molecule has 5 heteroatoms. The molecule has 4 nitrogen and oxygen atoms in total. The summed E-state index contributed by atoms with van der Waals surface area (Å²) in [5, 5.41) is 4.33. The van der Waals surface area contributed by atoms with Crippen molar-refractivity contribution in [3.8, 4) is 0 Å². The van der Waals surface area contributed by atoms with Gasteiger partial charge in [0.1, 0.15) is 5.82 Å². The zero-order chi connectivity index (χ0) is 11.7. The Morgan fingerprint density at radius 3 is 2.62 bits per heavy atom. The number of hydrogen-bond acceptors (Lipinski definition) is 3. The number of nitrogens with zero attached hydrogens (tertiary/aromatic N) is 2. The molecular formula is C11H10ClN3O. The molecule has 0 saturated heterocycles. The van der Waals surface area contributed by atoms with Crippen molar-refractivity contribution in [2.24, 2.45) is 7.05 Å². The molecule has 0 aliphatic carbocycles. The van der Waals surface area contributed by atoms with Gasteiger partial charge in [0.2, 0.25) is 0 Å². The summed E-state index contributed by atoms with van der Waals surface area (Å²) in [5.41, 5.74) is 6.53. The summed E-state index contributed by atoms with van der Waals surface area (Å²) < 4.78 is 1.45. The first-order valence-corrected chi connectivity index (χ1v) is 5.05. The second-order valence-corrected chi connectivity index (χ2v) is 3.78. The number of carbonyl (C=O) groups is 1. The van der Waals surface area contributed by atoms with E-state index in [1.54, 1.807) is 31.3 Å². The highest BCUT2D eigenvalue weighted by Gasteiger charge is 2.17. The van der Waals surface area contributed by atoms with Gasteiger partial charge in [0.25, 0.3) is 0 Å². The van der Waals surface area contributed by atoms with E-state index in [2.05, 4.69) is 5.10 Å². The fourth-order valence-electron chi connectivity index (χ4n) is 1.41. The number of halogens is 1. The minimum atomic E-state index is -0.212. The fraction of sp³-hybridized carbons (Fsp3) is 0.0909. The molecule has 1 heterocycles. The lowest BCUT2D eigenvalue weighted by Crippen LogP contribution is -2.06. The van der Waals surface area contributed by atoms with Gasteiger partial charge in [-0.1, -0.05) is 23.7 Å². The second-order valence-electron chi connectivity index (χ2n) is 3.38. The van der Waals surface area contributed by atoms with Crippen LogP contribution in [0.3, 0.4) is 0 Å². The highest BCUT2D eigenvalue weighted by molar-refractivity contribution is 6.35. The van der Waals surface area contributed by atoms with Gasteiger partial charge in [-0.25, -0.2) is 0 Å². The first-order chi connectivity index (χ1) is 7.61. The number of anilines is 1. The van der Waals surface area contributed by atoms with Crippen LogP contribution in [-0.4, -0.2) is 15.6 Å². The molecule has 16 heavy (non-hydrogen) atoms. The van der Waals surface area contributed by atoms with Crippen molar-refractivity contribution < 1.29 is 4.79 Å². The van der Waals surface area contributed by atoms with Crippen molar-refractivity contribution in [1.29, 1.82) is 0 Å². The zero-order valence-electron chi connectivity index (χ0n) is 8.64. The number of nitrogens with two attached hydrogens (primary N) is 1. The van der Waals surface area contributed by atoms with Gasteiger partial charge >= 0.3 is 0 Å². The minimum absolute atomic E-state index is 0.212. The van der Waals surface area contributed by atoms with Crippen LogP contribution in [0.15, 0.2) is 30.5 Å². The number of ketones is 1. The zero-order valence-corrected chi connectivity index (χ0v) is 9.40. The van der Waals surface area contributed by atoms with Crippen LogP contribution in [0.25, 0.3) is 0 Å². The van der Waals surface area contributed by atoms with E-state index in [0.29, 0.717) is 22.0 Å². The monoisotopic (exact) mass is 235 g/mol. The van der Waals surface area contributed by atoms with E-state index in [-0.39, 0.29) is 5.78 Å². The molecule has 0 atom stereocenters. The van der Waals surface area contributed by atoms with Gasteiger partial charge in [0, 0.05) is 12.6 Å². The molecule has 2 N–H and O–H groups in total. The summed E-state index contributed by atoms with van der Waals surface area (Å²) in [6.07, 6.45) is 1.45. The summed E-state index contributed by atoms with van der Waals surface area (Å²) in [6, 6.07) is 6.86. The van der Waals surface area contributed by atoms with Crippen molar-refractivity contribution in [2.45, 2.75) is 0 Å². The molecule has 1 aromatic carbocycles. The normalized spacial score (nSPS) is 10.4. The predicted octanol–water partition coefficient (Wildman–Crippen LogP) is 1.89. The molecule has 0 saturated carbocycles. The third-order valence-electron chi connectivity index (χ3n) is 2.35. The van der Waals surface area contributed by atoms with Crippen LogP contribution in [0, 0.1) is 0 Å². The quantitative estimate of drug-likeness (QED) is 0.809. The van der Waals surface area contributed by atoms with Gasteiger partial charge in [-0.3, -0.25) is 9.48 Å².